The SMILES string of the molecule is O=C1CCCN1CCSc1n[nH]c(C2CC2)n1. The van der Waals surface area contributed by atoms with Crippen LogP contribution in [0.15, 0.2) is 5.16 Å². The van der Waals surface area contributed by atoms with Crippen molar-refractivity contribution in [3.63, 3.8) is 0 Å². The van der Waals surface area contributed by atoms with E-state index in [0.717, 1.165) is 42.7 Å². The lowest BCUT2D eigenvalue weighted by molar-refractivity contribution is -0.127. The topological polar surface area (TPSA) is 61.9 Å². The van der Waals surface area contributed by atoms with Crippen LogP contribution in [-0.4, -0.2) is 44.8 Å². The predicted molar refractivity (Wildman–Crippen MR) is 64.9 cm³/mol. The number of carbonyl (C=O) groups excluding carboxylic acids is 1. The molecule has 2 aliphatic rings. The molecule has 0 aromatic carbocycles. The Morgan fingerprint density at radius 1 is 1.47 bits per heavy atom. The Hall–Kier alpha value is -1.04. The van der Waals surface area contributed by atoms with Crippen LogP contribution < -0.4 is 0 Å². The summed E-state index contributed by atoms with van der Waals surface area (Å²) >= 11 is 1.63. The van der Waals surface area contributed by atoms with Crippen LogP contribution in [0, 0.1) is 0 Å². The quantitative estimate of drug-likeness (QED) is 0.805. The Labute approximate surface area is 104 Å². The number of carbonyl (C=O) groups is 1. The second-order valence-corrected chi connectivity index (χ2v) is 5.67. The van der Waals surface area contributed by atoms with E-state index in [9.17, 15) is 4.79 Å². The number of thioether (sulfide) groups is 1. The van der Waals surface area contributed by atoms with Crippen molar-refractivity contribution in [2.45, 2.75) is 36.8 Å². The van der Waals surface area contributed by atoms with Crippen molar-refractivity contribution in [1.29, 1.82) is 0 Å². The predicted octanol–water partition coefficient (Wildman–Crippen LogP) is 1.40. The van der Waals surface area contributed by atoms with E-state index in [1.807, 2.05) is 4.90 Å². The summed E-state index contributed by atoms with van der Waals surface area (Å²) in [6, 6.07) is 0. The van der Waals surface area contributed by atoms with Gasteiger partial charge in [0.2, 0.25) is 11.1 Å². The number of aromatic amines is 1. The summed E-state index contributed by atoms with van der Waals surface area (Å²) in [6.45, 7) is 1.73. The summed E-state index contributed by atoms with van der Waals surface area (Å²) in [5.41, 5.74) is 0. The van der Waals surface area contributed by atoms with Gasteiger partial charge in [-0.2, -0.15) is 0 Å². The molecule has 1 N–H and O–H groups in total. The first-order valence-electron chi connectivity index (χ1n) is 6.16. The van der Waals surface area contributed by atoms with E-state index in [1.165, 1.54) is 12.8 Å². The van der Waals surface area contributed by atoms with Crippen LogP contribution in [0.1, 0.15) is 37.4 Å². The highest BCUT2D eigenvalue weighted by Crippen LogP contribution is 2.38. The third-order valence-electron chi connectivity index (χ3n) is 3.21. The van der Waals surface area contributed by atoms with Gasteiger partial charge in [-0.15, -0.1) is 5.10 Å². The molecular formula is C11H16N4OS. The van der Waals surface area contributed by atoms with Crippen LogP contribution in [0.4, 0.5) is 0 Å². The highest BCUT2D eigenvalue weighted by molar-refractivity contribution is 7.99. The number of amides is 1. The standard InChI is InChI=1S/C11H16N4OS/c16-9-2-1-5-15(9)6-7-17-11-12-10(13-14-11)8-3-4-8/h8H,1-7H2,(H,12,13,14). The number of hydrogen-bond acceptors (Lipinski definition) is 4. The number of rotatable bonds is 5. The molecule has 1 amide bonds. The second-order valence-electron chi connectivity index (χ2n) is 4.61. The molecule has 17 heavy (non-hydrogen) atoms. The molecule has 0 radical (unpaired) electrons. The molecule has 0 spiro atoms. The zero-order chi connectivity index (χ0) is 11.7. The van der Waals surface area contributed by atoms with Gasteiger partial charge in [0.1, 0.15) is 5.82 Å². The fourth-order valence-electron chi connectivity index (χ4n) is 2.05. The van der Waals surface area contributed by atoms with Crippen molar-refractivity contribution < 1.29 is 4.79 Å². The monoisotopic (exact) mass is 252 g/mol. The average molecular weight is 252 g/mol. The molecule has 1 saturated heterocycles. The van der Waals surface area contributed by atoms with Gasteiger partial charge in [0, 0.05) is 31.2 Å². The van der Waals surface area contributed by atoms with Crippen LogP contribution in [0.5, 0.6) is 0 Å². The summed E-state index contributed by atoms with van der Waals surface area (Å²) in [4.78, 5) is 17.8. The fraction of sp³-hybridized carbons (Fsp3) is 0.727. The van der Waals surface area contributed by atoms with Gasteiger partial charge >= 0.3 is 0 Å². The van der Waals surface area contributed by atoms with E-state index in [0.29, 0.717) is 11.8 Å². The molecule has 1 aliphatic carbocycles. The van der Waals surface area contributed by atoms with E-state index in [1.54, 1.807) is 11.8 Å². The maximum Gasteiger partial charge on any atom is 0.222 e. The summed E-state index contributed by atoms with van der Waals surface area (Å²) in [5, 5.41) is 7.99. The molecule has 5 nitrogen and oxygen atoms in total. The lowest BCUT2D eigenvalue weighted by Crippen LogP contribution is -2.26. The molecule has 6 heteroatoms. The Balaban J connectivity index is 1.45. The first-order valence-corrected chi connectivity index (χ1v) is 7.14. The minimum atomic E-state index is 0.291. The van der Waals surface area contributed by atoms with Crippen LogP contribution in [0.25, 0.3) is 0 Å². The number of hydrogen-bond donors (Lipinski definition) is 1. The largest absolute Gasteiger partial charge is 0.342 e. The molecule has 2 fully saturated rings. The Kier molecular flexibility index (Phi) is 3.05. The summed E-state index contributed by atoms with van der Waals surface area (Å²) in [5.74, 6) is 2.83. The van der Waals surface area contributed by atoms with E-state index in [4.69, 9.17) is 0 Å². The third-order valence-corrected chi connectivity index (χ3v) is 4.04. The van der Waals surface area contributed by atoms with Crippen molar-refractivity contribution in [2.24, 2.45) is 0 Å². The van der Waals surface area contributed by atoms with E-state index in [-0.39, 0.29) is 0 Å². The summed E-state index contributed by atoms with van der Waals surface area (Å²) < 4.78 is 0. The van der Waals surface area contributed by atoms with Gasteiger partial charge in [0.25, 0.3) is 0 Å². The van der Waals surface area contributed by atoms with Crippen molar-refractivity contribution in [2.75, 3.05) is 18.8 Å². The van der Waals surface area contributed by atoms with Crippen molar-refractivity contribution in [1.82, 2.24) is 20.1 Å². The molecule has 3 rings (SSSR count). The molecule has 1 aromatic rings. The first-order chi connectivity index (χ1) is 8.33. The van der Waals surface area contributed by atoms with Gasteiger partial charge < -0.3 is 4.90 Å². The first kappa shape index (κ1) is 11.1. The number of H-pyrrole nitrogens is 1. The summed E-state index contributed by atoms with van der Waals surface area (Å²) in [6.07, 6.45) is 4.20. The number of likely N-dealkylation sites (tertiary alicyclic amines) is 1. The molecule has 0 atom stereocenters. The zero-order valence-corrected chi connectivity index (χ0v) is 10.5. The van der Waals surface area contributed by atoms with Crippen LogP contribution in [-0.2, 0) is 4.79 Å². The number of aromatic nitrogens is 3. The Morgan fingerprint density at radius 3 is 3.06 bits per heavy atom. The van der Waals surface area contributed by atoms with Gasteiger partial charge in [-0.1, -0.05) is 11.8 Å². The van der Waals surface area contributed by atoms with Gasteiger partial charge in [-0.3, -0.25) is 9.89 Å². The second kappa shape index (κ2) is 4.68. The maximum atomic E-state index is 11.4. The zero-order valence-electron chi connectivity index (χ0n) is 9.69. The van der Waals surface area contributed by atoms with E-state index < -0.39 is 0 Å². The lowest BCUT2D eigenvalue weighted by Gasteiger charge is -2.13. The van der Waals surface area contributed by atoms with Crippen LogP contribution in [0.3, 0.4) is 0 Å². The smallest absolute Gasteiger partial charge is 0.222 e. The van der Waals surface area contributed by atoms with Gasteiger partial charge in [-0.25, -0.2) is 4.98 Å². The third kappa shape index (κ3) is 2.62. The minimum absolute atomic E-state index is 0.291. The molecular weight excluding hydrogens is 236 g/mol. The number of nitrogens with one attached hydrogen (secondary N) is 1. The van der Waals surface area contributed by atoms with Gasteiger partial charge in [0.15, 0.2) is 0 Å². The molecule has 0 bridgehead atoms. The average Bonchev–Trinajstić information content (AvgIpc) is 2.94. The minimum Gasteiger partial charge on any atom is -0.342 e. The van der Waals surface area contributed by atoms with E-state index in [2.05, 4.69) is 15.2 Å². The number of nitrogens with zero attached hydrogens (tertiary/aromatic N) is 3. The molecule has 1 saturated carbocycles. The molecule has 92 valence electrons. The van der Waals surface area contributed by atoms with Crippen LogP contribution in [0.2, 0.25) is 0 Å². The van der Waals surface area contributed by atoms with Crippen LogP contribution >= 0.6 is 11.8 Å². The van der Waals surface area contributed by atoms with Gasteiger partial charge in [-0.05, 0) is 19.3 Å². The molecule has 1 aliphatic heterocycles. The molecule has 1 aromatic heterocycles. The van der Waals surface area contributed by atoms with Gasteiger partial charge in [0.05, 0.1) is 0 Å². The fourth-order valence-corrected chi connectivity index (χ4v) is 2.82. The Bertz CT molecular complexity index is 415. The van der Waals surface area contributed by atoms with E-state index >= 15 is 0 Å². The highest BCUT2D eigenvalue weighted by atomic mass is 32.2. The highest BCUT2D eigenvalue weighted by Gasteiger charge is 2.27. The van der Waals surface area contributed by atoms with Crippen molar-refractivity contribution >= 4 is 17.7 Å². The summed E-state index contributed by atoms with van der Waals surface area (Å²) in [7, 11) is 0. The normalized spacial score (nSPS) is 20.2. The van der Waals surface area contributed by atoms with Crippen molar-refractivity contribution in [3.8, 4) is 0 Å². The maximum absolute atomic E-state index is 11.4. The molecule has 2 heterocycles. The Morgan fingerprint density at radius 2 is 2.35 bits per heavy atom. The van der Waals surface area contributed by atoms with Crippen molar-refractivity contribution in [3.05, 3.63) is 5.82 Å². The lowest BCUT2D eigenvalue weighted by atomic mass is 10.4. The molecule has 0 unspecified atom stereocenters.